The molecule has 1 heterocycles. The molecule has 268 valence electrons. The number of aryl methyl sites for hydroxylation is 1. The molecule has 3 aliphatic rings. The summed E-state index contributed by atoms with van der Waals surface area (Å²) in [6, 6.07) is 13.5. The topological polar surface area (TPSA) is 122 Å². The largest absolute Gasteiger partial charge is 0.504 e. The molecule has 0 bridgehead atoms. The van der Waals surface area contributed by atoms with Crippen LogP contribution in [0.1, 0.15) is 107 Å². The van der Waals surface area contributed by atoms with Crippen molar-refractivity contribution >= 4 is 11.6 Å². The predicted molar refractivity (Wildman–Crippen MR) is 198 cm³/mol. The van der Waals surface area contributed by atoms with Crippen molar-refractivity contribution in [2.45, 2.75) is 103 Å². The minimum atomic E-state index is -1.69. The van der Waals surface area contributed by atoms with Gasteiger partial charge in [0.1, 0.15) is 0 Å². The molecule has 1 aliphatic heterocycles. The van der Waals surface area contributed by atoms with E-state index in [9.17, 15) is 19.8 Å². The van der Waals surface area contributed by atoms with Crippen molar-refractivity contribution in [2.24, 2.45) is 35.3 Å². The Morgan fingerprint density at radius 2 is 1.76 bits per heavy atom. The Labute approximate surface area is 298 Å². The van der Waals surface area contributed by atoms with E-state index in [0.29, 0.717) is 24.5 Å². The third kappa shape index (κ3) is 9.01. The van der Waals surface area contributed by atoms with Crippen LogP contribution >= 0.6 is 0 Å². The monoisotopic (exact) mass is 680 g/mol. The van der Waals surface area contributed by atoms with Crippen molar-refractivity contribution in [3.05, 3.63) is 82.7 Å². The van der Waals surface area contributed by atoms with Crippen LogP contribution in [0.25, 0.3) is 0 Å². The zero-order valence-corrected chi connectivity index (χ0v) is 30.1. The van der Waals surface area contributed by atoms with Crippen LogP contribution in [0.5, 0.6) is 11.5 Å². The number of rotatable bonds is 11. The Balaban J connectivity index is 1.69. The van der Waals surface area contributed by atoms with Gasteiger partial charge in [-0.05, 0) is 90.3 Å². The van der Waals surface area contributed by atoms with Crippen molar-refractivity contribution in [3.63, 3.8) is 0 Å². The highest BCUT2D eigenvalue weighted by Gasteiger charge is 2.46. The van der Waals surface area contributed by atoms with E-state index in [1.807, 2.05) is 36.4 Å². The number of aliphatic hydroxyl groups is 1. The van der Waals surface area contributed by atoms with Crippen molar-refractivity contribution in [2.75, 3.05) is 13.7 Å². The van der Waals surface area contributed by atoms with Gasteiger partial charge < -0.3 is 26.0 Å². The van der Waals surface area contributed by atoms with E-state index < -0.39 is 23.7 Å². The number of carbonyl (C=O) groups is 2. The number of dihydropyridines is 1. The lowest BCUT2D eigenvalue weighted by atomic mass is 9.69. The molecular weight excluding hydrogens is 624 g/mol. The van der Waals surface area contributed by atoms with Gasteiger partial charge in [-0.15, -0.1) is 0 Å². The summed E-state index contributed by atoms with van der Waals surface area (Å²) in [5, 5.41) is 25.7. The number of nitrogens with one attached hydrogen (secondary N) is 1. The second-order valence-electron chi connectivity index (χ2n) is 14.6. The van der Waals surface area contributed by atoms with Crippen LogP contribution in [0.15, 0.2) is 66.0 Å². The summed E-state index contributed by atoms with van der Waals surface area (Å²) in [7, 11) is 1.50. The number of ether oxygens (including phenoxy) is 1. The standard InChI is InChI=1S/C43H56N2O5/c1-4-6-9-15-35-31(12-7-5-2)23-29(22-28-20-21-45-40(44)25-28)24-33-16-18-34(30-13-10-8-11-14-30)36-27-38(47)39(50-3)26-32(36)17-19-37(46)42(48)43(49)41(33)35/h8,10-11,13-14,20,25-27,29,31,33-35,41-42,45,47-48H,4-7,9,12,15,17,19,21-24,44H2,1-3H3/t29-,31-,33-,34+,35-,41+,42+/m0/s1. The van der Waals surface area contributed by atoms with Crippen molar-refractivity contribution < 1.29 is 24.5 Å². The van der Waals surface area contributed by atoms with Gasteiger partial charge in [0, 0.05) is 24.8 Å². The Morgan fingerprint density at radius 3 is 2.48 bits per heavy atom. The minimum Gasteiger partial charge on any atom is -0.504 e. The molecule has 0 saturated heterocycles. The van der Waals surface area contributed by atoms with Gasteiger partial charge >= 0.3 is 0 Å². The number of fused-ring (bicyclic) bond motifs is 2. The fourth-order valence-electron chi connectivity index (χ4n) is 8.64. The Morgan fingerprint density at radius 1 is 0.980 bits per heavy atom. The van der Waals surface area contributed by atoms with Gasteiger partial charge in [-0.3, -0.25) is 9.59 Å². The van der Waals surface area contributed by atoms with Crippen LogP contribution in [0.4, 0.5) is 0 Å². The molecule has 1 saturated carbocycles. The highest BCUT2D eigenvalue weighted by atomic mass is 16.5. The molecule has 0 aromatic heterocycles. The second kappa shape index (κ2) is 17.8. The van der Waals surface area contributed by atoms with E-state index >= 15 is 0 Å². The first kappa shape index (κ1) is 37.2. The molecular formula is C43H56N2O5. The SMILES string of the molecule is CCCCC[C@H]1[C@@H](CCCC)C[C@H](CC2=CCNC(N)=C2)C[C@@H]2C#C[C@H](c3ccccc3)c3cc(O)c(OC)cc3CCC(=O)[C@@H](O)C(=O)[C@@H]12. The number of Topliss-reactive ketones (excluding diaryl/α,β-unsaturated/α-hetero) is 2. The van der Waals surface area contributed by atoms with Gasteiger partial charge in [0.25, 0.3) is 0 Å². The van der Waals surface area contributed by atoms with Crippen molar-refractivity contribution in [1.29, 1.82) is 0 Å². The maximum atomic E-state index is 14.7. The number of hydrogen-bond donors (Lipinski definition) is 4. The molecule has 0 spiro atoms. The Bertz CT molecular complexity index is 1600. The molecule has 0 unspecified atom stereocenters. The number of hydrogen-bond acceptors (Lipinski definition) is 7. The molecule has 1 fully saturated rings. The van der Waals surface area contributed by atoms with Crippen molar-refractivity contribution in [3.8, 4) is 23.3 Å². The van der Waals surface area contributed by atoms with Crippen molar-refractivity contribution in [1.82, 2.24) is 5.32 Å². The number of carbonyl (C=O) groups excluding carboxylic acids is 2. The highest BCUT2D eigenvalue weighted by molar-refractivity contribution is 6.06. The van der Waals surface area contributed by atoms with E-state index in [1.54, 1.807) is 12.1 Å². The molecule has 7 nitrogen and oxygen atoms in total. The lowest BCUT2D eigenvalue weighted by molar-refractivity contribution is -0.143. The maximum absolute atomic E-state index is 14.7. The molecule has 7 heteroatoms. The fraction of sp³-hybridized carbons (Fsp3) is 0.535. The summed E-state index contributed by atoms with van der Waals surface area (Å²) in [6.45, 7) is 5.09. The average Bonchev–Trinajstić information content (AvgIpc) is 3.25. The van der Waals surface area contributed by atoms with Crippen LogP contribution in [0.2, 0.25) is 0 Å². The summed E-state index contributed by atoms with van der Waals surface area (Å²) in [4.78, 5) is 28.4. The summed E-state index contributed by atoms with van der Waals surface area (Å²) >= 11 is 0. The number of methoxy groups -OCH3 is 1. The van der Waals surface area contributed by atoms with Crippen LogP contribution in [-0.4, -0.2) is 41.5 Å². The average molecular weight is 681 g/mol. The summed E-state index contributed by atoms with van der Waals surface area (Å²) < 4.78 is 5.45. The molecule has 2 aromatic carbocycles. The molecule has 50 heavy (non-hydrogen) atoms. The number of benzene rings is 2. The summed E-state index contributed by atoms with van der Waals surface area (Å²) in [5.74, 6) is 6.75. The van der Waals surface area contributed by atoms with Gasteiger partial charge in [-0.2, -0.15) is 0 Å². The van der Waals surface area contributed by atoms with E-state index in [-0.39, 0.29) is 48.0 Å². The molecule has 7 atom stereocenters. The minimum absolute atomic E-state index is 0.00149. The quantitative estimate of drug-likeness (QED) is 0.111. The number of aliphatic hydroxyl groups excluding tert-OH is 1. The number of unbranched alkanes of at least 4 members (excludes halogenated alkanes) is 3. The molecule has 0 amide bonds. The zero-order valence-electron chi connectivity index (χ0n) is 30.1. The van der Waals surface area contributed by atoms with E-state index in [4.69, 9.17) is 10.5 Å². The van der Waals surface area contributed by atoms with E-state index in [0.717, 1.165) is 74.5 Å². The van der Waals surface area contributed by atoms with Gasteiger partial charge in [-0.1, -0.05) is 101 Å². The van der Waals surface area contributed by atoms with Crippen LogP contribution in [0.3, 0.4) is 0 Å². The number of aromatic hydroxyl groups is 1. The van der Waals surface area contributed by atoms with E-state index in [2.05, 4.69) is 37.1 Å². The number of ketones is 2. The van der Waals surface area contributed by atoms with E-state index in [1.165, 1.54) is 12.7 Å². The third-order valence-electron chi connectivity index (χ3n) is 11.2. The Kier molecular flexibility index (Phi) is 13.2. The lowest BCUT2D eigenvalue weighted by Gasteiger charge is -2.34. The number of phenols is 1. The second-order valence-corrected chi connectivity index (χ2v) is 14.6. The first-order valence-corrected chi connectivity index (χ1v) is 18.8. The van der Waals surface area contributed by atoms with Crippen LogP contribution in [0, 0.1) is 41.4 Å². The first-order valence-electron chi connectivity index (χ1n) is 18.8. The van der Waals surface area contributed by atoms with Gasteiger partial charge in [-0.25, -0.2) is 0 Å². The fourth-order valence-corrected chi connectivity index (χ4v) is 8.64. The molecule has 5 rings (SSSR count). The zero-order chi connectivity index (χ0) is 35.6. The molecule has 2 aromatic rings. The molecule has 2 aliphatic carbocycles. The first-order chi connectivity index (χ1) is 24.2. The van der Waals surface area contributed by atoms with Gasteiger partial charge in [0.05, 0.1) is 18.8 Å². The van der Waals surface area contributed by atoms with Gasteiger partial charge in [0.15, 0.2) is 29.2 Å². The summed E-state index contributed by atoms with van der Waals surface area (Å²) in [5.41, 5.74) is 9.97. The van der Waals surface area contributed by atoms with Gasteiger partial charge in [0.2, 0.25) is 0 Å². The number of phenolic OH excluding ortho intramolecular Hbond substituents is 1. The number of nitrogens with two attached hydrogens (primary N) is 1. The Hall–Kier alpha value is -4.02. The molecule has 0 radical (unpaired) electrons. The summed E-state index contributed by atoms with van der Waals surface area (Å²) in [6.07, 6.45) is 12.5. The third-order valence-corrected chi connectivity index (χ3v) is 11.2. The lowest BCUT2D eigenvalue weighted by Crippen LogP contribution is -2.42. The van der Waals surface area contributed by atoms with Crippen LogP contribution < -0.4 is 15.8 Å². The smallest absolute Gasteiger partial charge is 0.173 e. The highest BCUT2D eigenvalue weighted by Crippen LogP contribution is 2.47. The number of allylic oxidation sites excluding steroid dienone is 2. The predicted octanol–water partition coefficient (Wildman–Crippen LogP) is 7.35. The maximum Gasteiger partial charge on any atom is 0.173 e. The van der Waals surface area contributed by atoms with Crippen LogP contribution in [-0.2, 0) is 16.0 Å². The normalized spacial score (nSPS) is 27.1. The molecule has 5 N–H and O–H groups in total.